The molecule has 0 amide bonds. The summed E-state index contributed by atoms with van der Waals surface area (Å²) in [5.74, 6) is 0. The van der Waals surface area contributed by atoms with Gasteiger partial charge in [-0.3, -0.25) is 0 Å². The highest BCUT2D eigenvalue weighted by molar-refractivity contribution is 4.93. The first-order valence-electron chi connectivity index (χ1n) is 4.75. The van der Waals surface area contributed by atoms with Crippen LogP contribution in [0.1, 0.15) is 25.7 Å². The van der Waals surface area contributed by atoms with Gasteiger partial charge in [0.2, 0.25) is 0 Å². The molecule has 0 saturated carbocycles. The molecule has 0 bridgehead atoms. The molecule has 2 nitrogen and oxygen atoms in total. The minimum Gasteiger partial charge on any atom is -0.355 e. The average Bonchev–Trinajstić information content (AvgIpc) is 2.06. The zero-order valence-electron chi connectivity index (χ0n) is 7.71. The lowest BCUT2D eigenvalue weighted by molar-refractivity contribution is -0.419. The van der Waals surface area contributed by atoms with E-state index in [-0.39, 0.29) is 0 Å². The van der Waals surface area contributed by atoms with Gasteiger partial charge in [0, 0.05) is 25.7 Å². The molecule has 0 aromatic heterocycles. The van der Waals surface area contributed by atoms with Crippen molar-refractivity contribution < 1.29 is 11.5 Å². The van der Waals surface area contributed by atoms with E-state index in [1.165, 1.54) is 0 Å². The predicted molar refractivity (Wildman–Crippen MR) is 50.1 cm³/mol. The number of hydrogen-bond acceptors (Lipinski definition) is 0. The Morgan fingerprint density at radius 3 is 1.17 bits per heavy atom. The largest absolute Gasteiger partial charge is 0.355 e. The number of rotatable bonds is 0. The van der Waals surface area contributed by atoms with Gasteiger partial charge in [-0.15, -0.1) is 0 Å². The molecule has 0 atom stereocenters. The van der Waals surface area contributed by atoms with E-state index in [2.05, 4.69) is 35.8 Å². The van der Waals surface area contributed by atoms with E-state index in [1.54, 1.807) is 0 Å². The van der Waals surface area contributed by atoms with E-state index in [0.29, 0.717) is 12.1 Å². The average molecular weight is 168 g/mol. The van der Waals surface area contributed by atoms with Crippen molar-refractivity contribution in [3.63, 3.8) is 0 Å². The molecule has 1 aliphatic carbocycles. The zero-order valence-corrected chi connectivity index (χ0v) is 7.71. The van der Waals surface area contributed by atoms with Crippen molar-refractivity contribution in [1.82, 2.24) is 0 Å². The summed E-state index contributed by atoms with van der Waals surface area (Å²) in [6.45, 7) is 0. The third-order valence-corrected chi connectivity index (χ3v) is 2.21. The second-order valence-electron chi connectivity index (χ2n) is 3.62. The Balaban J connectivity index is 2.43. The normalized spacial score (nSPS) is 31.8. The Labute approximate surface area is 74.3 Å². The minimum absolute atomic E-state index is 0.555. The lowest BCUT2D eigenvalue weighted by Crippen LogP contribution is -2.61. The van der Waals surface area contributed by atoms with E-state index < -0.39 is 0 Å². The molecule has 0 aromatic rings. The second-order valence-corrected chi connectivity index (χ2v) is 3.62. The van der Waals surface area contributed by atoms with Crippen LogP contribution in [0.5, 0.6) is 0 Å². The van der Waals surface area contributed by atoms with Gasteiger partial charge in [0.15, 0.2) is 0 Å². The van der Waals surface area contributed by atoms with Crippen molar-refractivity contribution in [1.29, 1.82) is 0 Å². The molecule has 6 N–H and O–H groups in total. The van der Waals surface area contributed by atoms with Gasteiger partial charge in [-0.25, -0.2) is 0 Å². The molecule has 0 unspecified atom stereocenters. The first-order chi connectivity index (χ1) is 5.79. The van der Waals surface area contributed by atoms with Crippen molar-refractivity contribution in [2.24, 2.45) is 0 Å². The molecule has 68 valence electrons. The third-order valence-electron chi connectivity index (χ3n) is 2.21. The Hall–Kier alpha value is -0.600. The highest BCUT2D eigenvalue weighted by Crippen LogP contribution is 2.03. The summed E-state index contributed by atoms with van der Waals surface area (Å²) in [5.41, 5.74) is 8.14. The summed E-state index contributed by atoms with van der Waals surface area (Å²) >= 11 is 0. The molecule has 0 radical (unpaired) electrons. The van der Waals surface area contributed by atoms with Gasteiger partial charge < -0.3 is 11.5 Å². The molecule has 0 heterocycles. The summed E-state index contributed by atoms with van der Waals surface area (Å²) in [6, 6.07) is 1.11. The molecule has 1 rings (SSSR count). The van der Waals surface area contributed by atoms with Crippen molar-refractivity contribution in [2.45, 2.75) is 37.8 Å². The van der Waals surface area contributed by atoms with Crippen LogP contribution in [0.4, 0.5) is 0 Å². The van der Waals surface area contributed by atoms with Crippen LogP contribution in [-0.4, -0.2) is 12.1 Å². The van der Waals surface area contributed by atoms with Crippen molar-refractivity contribution in [2.75, 3.05) is 0 Å². The maximum atomic E-state index is 4.07. The summed E-state index contributed by atoms with van der Waals surface area (Å²) in [4.78, 5) is 0. The van der Waals surface area contributed by atoms with Gasteiger partial charge in [-0.05, 0) is 0 Å². The van der Waals surface area contributed by atoms with Crippen molar-refractivity contribution in [3.8, 4) is 0 Å². The van der Waals surface area contributed by atoms with Gasteiger partial charge in [-0.1, -0.05) is 24.3 Å². The summed E-state index contributed by atoms with van der Waals surface area (Å²) < 4.78 is 0. The smallest absolute Gasteiger partial charge is 0.0913 e. The standard InChI is InChI=1S/C10H18N2/c11-9-5-1-2-6-10(12)8-4-3-7-9/h1-4,9-10H,5-8,11-12H2/p+2. The van der Waals surface area contributed by atoms with E-state index in [1.807, 2.05) is 0 Å². The lowest BCUT2D eigenvalue weighted by Gasteiger charge is -2.05. The first-order valence-corrected chi connectivity index (χ1v) is 4.75. The van der Waals surface area contributed by atoms with Crippen LogP contribution >= 0.6 is 0 Å². The predicted octanol–water partition coefficient (Wildman–Crippen LogP) is -0.106. The molecule has 0 aliphatic heterocycles. The molecule has 0 spiro atoms. The zero-order chi connectivity index (χ0) is 8.81. The van der Waals surface area contributed by atoms with Gasteiger partial charge in [-0.2, -0.15) is 0 Å². The molecule has 0 aromatic carbocycles. The number of quaternary nitrogens is 2. The van der Waals surface area contributed by atoms with E-state index in [9.17, 15) is 0 Å². The monoisotopic (exact) mass is 168 g/mol. The molecular weight excluding hydrogens is 148 g/mol. The van der Waals surface area contributed by atoms with Crippen LogP contribution in [0.3, 0.4) is 0 Å². The topological polar surface area (TPSA) is 55.3 Å². The van der Waals surface area contributed by atoms with Gasteiger partial charge in [0.05, 0.1) is 12.1 Å². The highest BCUT2D eigenvalue weighted by Gasteiger charge is 2.04. The van der Waals surface area contributed by atoms with Crippen molar-refractivity contribution in [3.05, 3.63) is 24.3 Å². The number of hydrogen-bond donors (Lipinski definition) is 2. The Kier molecular flexibility index (Phi) is 4.05. The first kappa shape index (κ1) is 9.49. The summed E-state index contributed by atoms with van der Waals surface area (Å²) in [6.07, 6.45) is 13.4. The van der Waals surface area contributed by atoms with E-state index in [4.69, 9.17) is 0 Å². The molecular formula is C10H20N2+2. The summed E-state index contributed by atoms with van der Waals surface area (Å²) in [7, 11) is 0. The maximum absolute atomic E-state index is 4.07. The van der Waals surface area contributed by atoms with E-state index >= 15 is 0 Å². The highest BCUT2D eigenvalue weighted by atomic mass is 14.6. The molecule has 0 saturated heterocycles. The quantitative estimate of drug-likeness (QED) is 0.474. The van der Waals surface area contributed by atoms with Crippen LogP contribution in [0.15, 0.2) is 24.3 Å². The van der Waals surface area contributed by atoms with Crippen LogP contribution in [0.25, 0.3) is 0 Å². The van der Waals surface area contributed by atoms with Crippen molar-refractivity contribution >= 4 is 0 Å². The van der Waals surface area contributed by atoms with Gasteiger partial charge in [0.25, 0.3) is 0 Å². The fraction of sp³-hybridized carbons (Fsp3) is 0.600. The Bertz CT molecular complexity index is 137. The van der Waals surface area contributed by atoms with Crippen LogP contribution in [0.2, 0.25) is 0 Å². The fourth-order valence-corrected chi connectivity index (χ4v) is 1.35. The Morgan fingerprint density at radius 2 is 0.917 bits per heavy atom. The van der Waals surface area contributed by atoms with Crippen LogP contribution in [-0.2, 0) is 0 Å². The van der Waals surface area contributed by atoms with Crippen LogP contribution < -0.4 is 11.5 Å². The third kappa shape index (κ3) is 3.69. The fourth-order valence-electron chi connectivity index (χ4n) is 1.35. The lowest BCUT2D eigenvalue weighted by atomic mass is 10.0. The van der Waals surface area contributed by atoms with Gasteiger partial charge in [0.1, 0.15) is 0 Å². The molecule has 12 heavy (non-hydrogen) atoms. The molecule has 2 heteroatoms. The van der Waals surface area contributed by atoms with Crippen LogP contribution in [0, 0.1) is 0 Å². The molecule has 0 fully saturated rings. The second kappa shape index (κ2) is 5.12. The molecule has 1 aliphatic rings. The Morgan fingerprint density at radius 1 is 0.667 bits per heavy atom. The minimum atomic E-state index is 0.555. The SMILES string of the molecule is [NH3+]C1CC=CCC([NH3+])CC=CC1. The van der Waals surface area contributed by atoms with E-state index in [0.717, 1.165) is 25.7 Å². The summed E-state index contributed by atoms with van der Waals surface area (Å²) in [5, 5.41) is 0. The van der Waals surface area contributed by atoms with Gasteiger partial charge >= 0.3 is 0 Å². The maximum Gasteiger partial charge on any atom is 0.0913 e.